The van der Waals surface area contributed by atoms with Crippen LogP contribution in [0.3, 0.4) is 0 Å². The van der Waals surface area contributed by atoms with Crippen LogP contribution in [0, 0.1) is 5.82 Å². The molecule has 4 nitrogen and oxygen atoms in total. The third-order valence-corrected chi connectivity index (χ3v) is 7.79. The molecule has 2 unspecified atom stereocenters. The summed E-state index contributed by atoms with van der Waals surface area (Å²) in [4.78, 5) is -0.0658. The van der Waals surface area contributed by atoms with Gasteiger partial charge in [0, 0.05) is 6.54 Å². The molecule has 1 saturated heterocycles. The second-order valence-corrected chi connectivity index (χ2v) is 9.29. The Morgan fingerprint density at radius 2 is 1.61 bits per heavy atom. The van der Waals surface area contributed by atoms with Gasteiger partial charge in [0.1, 0.15) is 10.6 Å². The van der Waals surface area contributed by atoms with Crippen LogP contribution in [-0.2, 0) is 20.2 Å². The molecule has 2 aromatic carbocycles. The van der Waals surface area contributed by atoms with Crippen LogP contribution in [0.5, 0.6) is 0 Å². The van der Waals surface area contributed by atoms with Gasteiger partial charge in [-0.3, -0.25) is 0 Å². The first-order valence-electron chi connectivity index (χ1n) is 8.53. The van der Waals surface area contributed by atoms with Crippen LogP contribution in [0.25, 0.3) is 0 Å². The predicted molar refractivity (Wildman–Crippen MR) is 94.8 cm³/mol. The molecule has 0 spiro atoms. The molecular formula is C19H19F4NO3S. The van der Waals surface area contributed by atoms with Gasteiger partial charge in [0.2, 0.25) is 0 Å². The summed E-state index contributed by atoms with van der Waals surface area (Å²) in [5.41, 5.74) is -3.13. The number of nitrogens with one attached hydrogen (secondary N) is 1. The summed E-state index contributed by atoms with van der Waals surface area (Å²) in [5.74, 6) is -0.573. The number of hydrogen-bond acceptors (Lipinski definition) is 4. The number of rotatable bonds is 4. The molecule has 3 rings (SSSR count). The number of aliphatic hydroxyl groups is 1. The lowest BCUT2D eigenvalue weighted by molar-refractivity contribution is -0.258. The maximum atomic E-state index is 13.3. The van der Waals surface area contributed by atoms with Crippen molar-refractivity contribution in [2.45, 2.75) is 34.8 Å². The van der Waals surface area contributed by atoms with Crippen molar-refractivity contribution in [2.24, 2.45) is 0 Å². The lowest BCUT2D eigenvalue weighted by atomic mass is 9.91. The molecule has 28 heavy (non-hydrogen) atoms. The van der Waals surface area contributed by atoms with Gasteiger partial charge in [-0.15, -0.1) is 0 Å². The molecular weight excluding hydrogens is 398 g/mol. The van der Waals surface area contributed by atoms with Gasteiger partial charge in [-0.05, 0) is 55.3 Å². The van der Waals surface area contributed by atoms with E-state index < -0.39 is 32.2 Å². The highest BCUT2D eigenvalue weighted by atomic mass is 32.2. The first-order valence-corrected chi connectivity index (χ1v) is 10.0. The normalized spacial score (nSPS) is 22.8. The predicted octanol–water partition coefficient (Wildman–Crippen LogP) is 3.26. The summed E-state index contributed by atoms with van der Waals surface area (Å²) in [6.45, 7) is 1.12. The third kappa shape index (κ3) is 3.21. The molecule has 0 radical (unpaired) electrons. The van der Waals surface area contributed by atoms with E-state index in [1.54, 1.807) is 0 Å². The SMILES string of the molecule is CC(O)(c1ccc(C2(S(=O)(=O)c3ccc(F)cc3)CCNC2)cc1)C(F)(F)F. The zero-order valence-electron chi connectivity index (χ0n) is 14.9. The van der Waals surface area contributed by atoms with Crippen LogP contribution in [-0.4, -0.2) is 32.8 Å². The van der Waals surface area contributed by atoms with Crippen molar-refractivity contribution in [1.82, 2.24) is 5.32 Å². The van der Waals surface area contributed by atoms with E-state index in [1.807, 2.05) is 0 Å². The van der Waals surface area contributed by atoms with Gasteiger partial charge >= 0.3 is 6.18 Å². The van der Waals surface area contributed by atoms with Crippen molar-refractivity contribution in [3.05, 3.63) is 65.5 Å². The van der Waals surface area contributed by atoms with Crippen LogP contribution in [0.4, 0.5) is 17.6 Å². The fraction of sp³-hybridized carbons (Fsp3) is 0.368. The molecule has 2 atom stereocenters. The van der Waals surface area contributed by atoms with E-state index in [-0.39, 0.29) is 23.4 Å². The highest BCUT2D eigenvalue weighted by molar-refractivity contribution is 7.92. The molecule has 1 fully saturated rings. The van der Waals surface area contributed by atoms with Gasteiger partial charge in [-0.1, -0.05) is 24.3 Å². The zero-order valence-corrected chi connectivity index (χ0v) is 15.7. The Bertz CT molecular complexity index is 946. The van der Waals surface area contributed by atoms with Crippen molar-refractivity contribution >= 4 is 9.84 Å². The standard InChI is InChI=1S/C19H19F4NO3S/c1-17(25,19(21,22)23)13-2-4-14(5-3-13)18(10-11-24-12-18)28(26,27)16-8-6-15(20)7-9-16/h2-9,24-25H,10-12H2,1H3. The molecule has 0 aliphatic carbocycles. The van der Waals surface area contributed by atoms with E-state index in [2.05, 4.69) is 5.32 Å². The number of halogens is 4. The average Bonchev–Trinajstić information content (AvgIpc) is 3.13. The van der Waals surface area contributed by atoms with E-state index >= 15 is 0 Å². The van der Waals surface area contributed by atoms with Crippen molar-refractivity contribution in [3.8, 4) is 0 Å². The van der Waals surface area contributed by atoms with Crippen LogP contribution in [0.2, 0.25) is 0 Å². The Balaban J connectivity index is 2.07. The molecule has 0 saturated carbocycles. The van der Waals surface area contributed by atoms with Crippen molar-refractivity contribution in [2.75, 3.05) is 13.1 Å². The van der Waals surface area contributed by atoms with E-state index in [9.17, 15) is 31.1 Å². The fourth-order valence-electron chi connectivity index (χ4n) is 3.40. The van der Waals surface area contributed by atoms with E-state index in [1.165, 1.54) is 24.3 Å². The second kappa shape index (κ2) is 6.82. The van der Waals surface area contributed by atoms with E-state index in [0.29, 0.717) is 19.0 Å². The number of alkyl halides is 3. The molecule has 152 valence electrons. The number of sulfone groups is 1. The Kier molecular flexibility index (Phi) is 5.06. The minimum Gasteiger partial charge on any atom is -0.376 e. The highest BCUT2D eigenvalue weighted by Gasteiger charge is 2.52. The minimum atomic E-state index is -4.87. The number of hydrogen-bond donors (Lipinski definition) is 2. The summed E-state index contributed by atoms with van der Waals surface area (Å²) in [6.07, 6.45) is -4.66. The van der Waals surface area contributed by atoms with Crippen molar-refractivity contribution < 1.29 is 31.1 Å². The van der Waals surface area contributed by atoms with Crippen LogP contribution >= 0.6 is 0 Å². The Labute approximate surface area is 160 Å². The van der Waals surface area contributed by atoms with Crippen molar-refractivity contribution in [3.63, 3.8) is 0 Å². The molecule has 0 bridgehead atoms. The largest absolute Gasteiger partial charge is 0.421 e. The molecule has 0 aromatic heterocycles. The summed E-state index contributed by atoms with van der Waals surface area (Å²) in [5, 5.41) is 12.8. The maximum Gasteiger partial charge on any atom is 0.421 e. The minimum absolute atomic E-state index is 0.0658. The lowest BCUT2D eigenvalue weighted by Crippen LogP contribution is -2.40. The fourth-order valence-corrected chi connectivity index (χ4v) is 5.46. The summed E-state index contributed by atoms with van der Waals surface area (Å²) in [6, 6.07) is 9.21. The summed E-state index contributed by atoms with van der Waals surface area (Å²) in [7, 11) is -3.96. The summed E-state index contributed by atoms with van der Waals surface area (Å²) < 4.78 is 77.6. The smallest absolute Gasteiger partial charge is 0.376 e. The van der Waals surface area contributed by atoms with Crippen LogP contribution < -0.4 is 5.32 Å². The first-order chi connectivity index (χ1) is 12.9. The van der Waals surface area contributed by atoms with Gasteiger partial charge in [0.25, 0.3) is 0 Å². The Hall–Kier alpha value is -1.97. The molecule has 9 heteroatoms. The lowest BCUT2D eigenvalue weighted by Gasteiger charge is -2.31. The second-order valence-electron chi connectivity index (χ2n) is 7.03. The molecule has 1 aliphatic rings. The third-order valence-electron chi connectivity index (χ3n) is 5.28. The number of benzene rings is 2. The van der Waals surface area contributed by atoms with Crippen molar-refractivity contribution in [1.29, 1.82) is 0 Å². The molecule has 2 aromatic rings. The molecule has 1 aliphatic heterocycles. The van der Waals surface area contributed by atoms with Gasteiger partial charge in [0.15, 0.2) is 15.4 Å². The van der Waals surface area contributed by atoms with E-state index in [0.717, 1.165) is 24.3 Å². The monoisotopic (exact) mass is 417 g/mol. The maximum absolute atomic E-state index is 13.3. The van der Waals surface area contributed by atoms with Gasteiger partial charge < -0.3 is 10.4 Å². The molecule has 0 amide bonds. The zero-order chi connectivity index (χ0) is 20.8. The van der Waals surface area contributed by atoms with Gasteiger partial charge in [-0.25, -0.2) is 12.8 Å². The Morgan fingerprint density at radius 3 is 2.07 bits per heavy atom. The molecule has 1 heterocycles. The molecule has 2 N–H and O–H groups in total. The average molecular weight is 417 g/mol. The quantitative estimate of drug-likeness (QED) is 0.592. The first kappa shape index (κ1) is 20.8. The summed E-state index contributed by atoms with van der Waals surface area (Å²) >= 11 is 0. The van der Waals surface area contributed by atoms with E-state index in [4.69, 9.17) is 0 Å². The van der Waals surface area contributed by atoms with Crippen LogP contribution in [0.1, 0.15) is 24.5 Å². The highest BCUT2D eigenvalue weighted by Crippen LogP contribution is 2.43. The van der Waals surface area contributed by atoms with Crippen LogP contribution in [0.15, 0.2) is 53.4 Å². The van der Waals surface area contributed by atoms with Gasteiger partial charge in [0.05, 0.1) is 4.90 Å². The topological polar surface area (TPSA) is 66.4 Å². The Morgan fingerprint density at radius 1 is 1.04 bits per heavy atom. The van der Waals surface area contributed by atoms with Gasteiger partial charge in [-0.2, -0.15) is 13.2 Å².